The fraction of sp³-hybridized carbons (Fsp3) is 0.474. The summed E-state index contributed by atoms with van der Waals surface area (Å²) in [6.45, 7) is 6.70. The molecule has 1 unspecified atom stereocenters. The Kier molecular flexibility index (Phi) is 5.01. The first-order valence-corrected chi connectivity index (χ1v) is 9.35. The number of aromatic nitrogens is 1. The summed E-state index contributed by atoms with van der Waals surface area (Å²) in [6, 6.07) is 5.58. The van der Waals surface area contributed by atoms with Crippen LogP contribution in [0.25, 0.3) is 10.8 Å². The standard InChI is InChI=1S/C19H23BrN2O4/c1-19(2,3)26-18(24)22-6-5-11(10-22)15-7-12-8-16(25-4)14(20)9-13(12)17(23)21-15/h7-9,11H,5-6,10H2,1-4H3,(H,21,23). The molecule has 0 saturated carbocycles. The third kappa shape index (κ3) is 3.87. The molecular weight excluding hydrogens is 400 g/mol. The van der Waals surface area contributed by atoms with E-state index in [4.69, 9.17) is 9.47 Å². The zero-order valence-electron chi connectivity index (χ0n) is 15.4. The SMILES string of the molecule is COc1cc2cc(C3CCN(C(=O)OC(C)(C)C)C3)[nH]c(=O)c2cc1Br. The van der Waals surface area contributed by atoms with Crippen molar-refractivity contribution < 1.29 is 14.3 Å². The van der Waals surface area contributed by atoms with Gasteiger partial charge >= 0.3 is 6.09 Å². The molecule has 26 heavy (non-hydrogen) atoms. The molecule has 1 amide bonds. The lowest BCUT2D eigenvalue weighted by Gasteiger charge is -2.24. The number of fused-ring (bicyclic) bond motifs is 1. The molecule has 0 bridgehead atoms. The quantitative estimate of drug-likeness (QED) is 0.792. The summed E-state index contributed by atoms with van der Waals surface area (Å²) < 4.78 is 11.5. The number of carbonyl (C=O) groups excluding carboxylic acids is 1. The van der Waals surface area contributed by atoms with Crippen molar-refractivity contribution in [2.45, 2.75) is 38.7 Å². The van der Waals surface area contributed by atoms with E-state index in [1.54, 1.807) is 18.1 Å². The molecule has 140 valence electrons. The lowest BCUT2D eigenvalue weighted by atomic mass is 10.0. The molecule has 1 atom stereocenters. The molecule has 1 saturated heterocycles. The van der Waals surface area contributed by atoms with Crippen molar-refractivity contribution in [2.75, 3.05) is 20.2 Å². The van der Waals surface area contributed by atoms with Gasteiger partial charge in [-0.25, -0.2) is 4.79 Å². The zero-order chi connectivity index (χ0) is 19.1. The van der Waals surface area contributed by atoms with E-state index in [0.29, 0.717) is 24.2 Å². The highest BCUT2D eigenvalue weighted by atomic mass is 79.9. The number of methoxy groups -OCH3 is 1. The molecule has 0 spiro atoms. The first-order chi connectivity index (χ1) is 12.2. The van der Waals surface area contributed by atoms with E-state index in [1.807, 2.05) is 32.9 Å². The Morgan fingerprint density at radius 3 is 2.69 bits per heavy atom. The molecule has 2 aromatic rings. The van der Waals surface area contributed by atoms with Crippen LogP contribution in [0.5, 0.6) is 5.75 Å². The molecule has 0 aliphatic carbocycles. The van der Waals surface area contributed by atoms with Crippen molar-refractivity contribution in [3.8, 4) is 5.75 Å². The van der Waals surface area contributed by atoms with Gasteiger partial charge in [-0.15, -0.1) is 0 Å². The van der Waals surface area contributed by atoms with Crippen LogP contribution in [0.1, 0.15) is 38.8 Å². The molecule has 7 heteroatoms. The van der Waals surface area contributed by atoms with Gasteiger partial charge in [0.25, 0.3) is 5.56 Å². The summed E-state index contributed by atoms with van der Waals surface area (Å²) in [5, 5.41) is 1.42. The van der Waals surface area contributed by atoms with Gasteiger partial charge in [0.15, 0.2) is 0 Å². The van der Waals surface area contributed by atoms with Crippen LogP contribution in [0.3, 0.4) is 0 Å². The van der Waals surface area contributed by atoms with Crippen LogP contribution in [0.2, 0.25) is 0 Å². The second-order valence-electron chi connectivity index (χ2n) is 7.54. The number of H-pyrrole nitrogens is 1. The molecule has 1 aliphatic heterocycles. The number of amides is 1. The largest absolute Gasteiger partial charge is 0.496 e. The van der Waals surface area contributed by atoms with E-state index in [1.165, 1.54) is 0 Å². The minimum absolute atomic E-state index is 0.0780. The summed E-state index contributed by atoms with van der Waals surface area (Å²) >= 11 is 3.41. The summed E-state index contributed by atoms with van der Waals surface area (Å²) in [6.07, 6.45) is 0.475. The molecule has 3 rings (SSSR count). The lowest BCUT2D eigenvalue weighted by molar-refractivity contribution is 0.0292. The van der Waals surface area contributed by atoms with Crippen LogP contribution in [0.4, 0.5) is 4.79 Å². The second-order valence-corrected chi connectivity index (χ2v) is 8.39. The number of carbonyl (C=O) groups is 1. The first kappa shape index (κ1) is 18.8. The van der Waals surface area contributed by atoms with Crippen molar-refractivity contribution in [3.63, 3.8) is 0 Å². The van der Waals surface area contributed by atoms with E-state index in [-0.39, 0.29) is 17.6 Å². The van der Waals surface area contributed by atoms with Gasteiger partial charge in [0, 0.05) is 30.1 Å². The van der Waals surface area contributed by atoms with Gasteiger partial charge in [0.2, 0.25) is 0 Å². The molecule has 1 N–H and O–H groups in total. The van der Waals surface area contributed by atoms with Gasteiger partial charge in [0.05, 0.1) is 11.6 Å². The Labute approximate surface area is 160 Å². The van der Waals surface area contributed by atoms with Crippen molar-refractivity contribution >= 4 is 32.8 Å². The summed E-state index contributed by atoms with van der Waals surface area (Å²) in [5.41, 5.74) is 0.172. The third-order valence-electron chi connectivity index (χ3n) is 4.42. The molecule has 2 heterocycles. The highest BCUT2D eigenvalue weighted by Crippen LogP contribution is 2.32. The fourth-order valence-electron chi connectivity index (χ4n) is 3.17. The van der Waals surface area contributed by atoms with Gasteiger partial charge in [-0.3, -0.25) is 4.79 Å². The van der Waals surface area contributed by atoms with Crippen molar-refractivity contribution in [3.05, 3.63) is 38.7 Å². The van der Waals surface area contributed by atoms with E-state index in [9.17, 15) is 9.59 Å². The predicted molar refractivity (Wildman–Crippen MR) is 104 cm³/mol. The monoisotopic (exact) mass is 422 g/mol. The number of nitrogens with one attached hydrogen (secondary N) is 1. The molecule has 1 aromatic carbocycles. The average Bonchev–Trinajstić information content (AvgIpc) is 3.03. The van der Waals surface area contributed by atoms with E-state index < -0.39 is 5.60 Å². The minimum Gasteiger partial charge on any atom is -0.496 e. The molecule has 6 nitrogen and oxygen atoms in total. The number of aromatic amines is 1. The van der Waals surface area contributed by atoms with Crippen LogP contribution in [-0.2, 0) is 4.74 Å². The van der Waals surface area contributed by atoms with Crippen LogP contribution in [0.15, 0.2) is 27.5 Å². The van der Waals surface area contributed by atoms with Crippen LogP contribution in [-0.4, -0.2) is 41.8 Å². The zero-order valence-corrected chi connectivity index (χ0v) is 17.0. The second kappa shape index (κ2) is 6.95. The first-order valence-electron chi connectivity index (χ1n) is 8.56. The van der Waals surface area contributed by atoms with Gasteiger partial charge in [-0.1, -0.05) is 0 Å². The van der Waals surface area contributed by atoms with Crippen LogP contribution >= 0.6 is 15.9 Å². The number of benzene rings is 1. The average molecular weight is 423 g/mol. The third-order valence-corrected chi connectivity index (χ3v) is 5.04. The van der Waals surface area contributed by atoms with Crippen LogP contribution < -0.4 is 10.3 Å². The number of rotatable bonds is 2. The van der Waals surface area contributed by atoms with Crippen molar-refractivity contribution in [1.82, 2.24) is 9.88 Å². The lowest BCUT2D eigenvalue weighted by Crippen LogP contribution is -2.35. The Hall–Kier alpha value is -2.02. The smallest absolute Gasteiger partial charge is 0.410 e. The predicted octanol–water partition coefficient (Wildman–Crippen LogP) is 4.02. The number of ether oxygens (including phenoxy) is 2. The van der Waals surface area contributed by atoms with Gasteiger partial charge in [-0.2, -0.15) is 0 Å². The van der Waals surface area contributed by atoms with Gasteiger partial charge in [-0.05, 0) is 66.7 Å². The minimum atomic E-state index is -0.517. The van der Waals surface area contributed by atoms with Gasteiger partial charge in [0.1, 0.15) is 11.4 Å². The maximum atomic E-state index is 12.5. The maximum Gasteiger partial charge on any atom is 0.410 e. The molecule has 1 fully saturated rings. The highest BCUT2D eigenvalue weighted by molar-refractivity contribution is 9.10. The normalized spacial score (nSPS) is 17.6. The number of halogens is 1. The fourth-order valence-corrected chi connectivity index (χ4v) is 3.68. The van der Waals surface area contributed by atoms with Crippen LogP contribution in [0, 0.1) is 0 Å². The molecule has 0 radical (unpaired) electrons. The van der Waals surface area contributed by atoms with E-state index >= 15 is 0 Å². The molecule has 1 aromatic heterocycles. The maximum absolute atomic E-state index is 12.5. The summed E-state index contributed by atoms with van der Waals surface area (Å²) in [4.78, 5) is 29.4. The summed E-state index contributed by atoms with van der Waals surface area (Å²) in [7, 11) is 1.59. The topological polar surface area (TPSA) is 71.6 Å². The van der Waals surface area contributed by atoms with E-state index in [0.717, 1.165) is 22.0 Å². The molecule has 1 aliphatic rings. The Morgan fingerprint density at radius 2 is 2.04 bits per heavy atom. The Balaban J connectivity index is 1.86. The Bertz CT molecular complexity index is 901. The Morgan fingerprint density at radius 1 is 1.31 bits per heavy atom. The number of likely N-dealkylation sites (tertiary alicyclic amines) is 1. The number of hydrogen-bond acceptors (Lipinski definition) is 4. The highest BCUT2D eigenvalue weighted by Gasteiger charge is 2.31. The van der Waals surface area contributed by atoms with Crippen molar-refractivity contribution in [2.24, 2.45) is 0 Å². The van der Waals surface area contributed by atoms with Gasteiger partial charge < -0.3 is 19.4 Å². The number of nitrogens with zero attached hydrogens (tertiary/aromatic N) is 1. The number of hydrogen-bond donors (Lipinski definition) is 1. The van der Waals surface area contributed by atoms with E-state index in [2.05, 4.69) is 20.9 Å². The molecular formula is C19H23BrN2O4. The summed E-state index contributed by atoms with van der Waals surface area (Å²) in [5.74, 6) is 0.755. The van der Waals surface area contributed by atoms with Crippen molar-refractivity contribution in [1.29, 1.82) is 0 Å². The number of pyridine rings is 1.